The van der Waals surface area contributed by atoms with Crippen LogP contribution in [0.15, 0.2) is 0 Å². The van der Waals surface area contributed by atoms with Gasteiger partial charge in [0.15, 0.2) is 0 Å². The molecule has 3 heteroatoms. The van der Waals surface area contributed by atoms with Crippen molar-refractivity contribution in [3.8, 4) is 0 Å². The third kappa shape index (κ3) is 2.71. The van der Waals surface area contributed by atoms with Crippen LogP contribution >= 0.6 is 0 Å². The van der Waals surface area contributed by atoms with Crippen molar-refractivity contribution in [2.75, 3.05) is 20.1 Å². The predicted molar refractivity (Wildman–Crippen MR) is 60.5 cm³/mol. The highest BCUT2D eigenvalue weighted by Crippen LogP contribution is 2.30. The molecule has 0 unspecified atom stereocenters. The van der Waals surface area contributed by atoms with Crippen molar-refractivity contribution in [2.24, 2.45) is 11.8 Å². The molecule has 1 N–H and O–H groups in total. The quantitative estimate of drug-likeness (QED) is 0.760. The van der Waals surface area contributed by atoms with Gasteiger partial charge in [-0.1, -0.05) is 0 Å². The largest absolute Gasteiger partial charge is 0.345 e. The number of piperidine rings is 1. The highest BCUT2D eigenvalue weighted by atomic mass is 16.2. The van der Waals surface area contributed by atoms with Crippen molar-refractivity contribution in [3.63, 3.8) is 0 Å². The standard InChI is InChI=1S/C12H22N2O/c1-9-11(4-3-7-13-9)12(15)14(2)8-10-5-6-10/h9-11,13H,3-8H2,1-2H3/t9-,11-/m1/s1. The number of carbonyl (C=O) groups excluding carboxylic acids is 1. The molecule has 86 valence electrons. The van der Waals surface area contributed by atoms with Crippen LogP contribution in [-0.4, -0.2) is 37.0 Å². The number of amides is 1. The van der Waals surface area contributed by atoms with Gasteiger partial charge in [-0.3, -0.25) is 4.79 Å². The molecule has 1 saturated carbocycles. The van der Waals surface area contributed by atoms with Gasteiger partial charge in [-0.25, -0.2) is 0 Å². The van der Waals surface area contributed by atoms with Gasteiger partial charge in [-0.2, -0.15) is 0 Å². The Morgan fingerprint density at radius 2 is 2.13 bits per heavy atom. The van der Waals surface area contributed by atoms with Gasteiger partial charge in [0.05, 0.1) is 5.92 Å². The van der Waals surface area contributed by atoms with E-state index in [0.29, 0.717) is 11.9 Å². The molecule has 2 aliphatic rings. The molecule has 1 aliphatic heterocycles. The van der Waals surface area contributed by atoms with Gasteiger partial charge < -0.3 is 10.2 Å². The predicted octanol–water partition coefficient (Wildman–Crippen LogP) is 1.24. The van der Waals surface area contributed by atoms with Crippen LogP contribution in [0.5, 0.6) is 0 Å². The number of nitrogens with zero attached hydrogens (tertiary/aromatic N) is 1. The Bertz CT molecular complexity index is 238. The van der Waals surface area contributed by atoms with E-state index in [1.165, 1.54) is 12.8 Å². The Hall–Kier alpha value is -0.570. The molecule has 1 saturated heterocycles. The van der Waals surface area contributed by atoms with Gasteiger partial charge in [-0.15, -0.1) is 0 Å². The monoisotopic (exact) mass is 210 g/mol. The maximum absolute atomic E-state index is 12.2. The van der Waals surface area contributed by atoms with Gasteiger partial charge in [0.25, 0.3) is 0 Å². The third-order valence-corrected chi connectivity index (χ3v) is 3.68. The molecule has 1 aliphatic carbocycles. The van der Waals surface area contributed by atoms with Gasteiger partial charge in [-0.05, 0) is 45.1 Å². The second kappa shape index (κ2) is 4.52. The summed E-state index contributed by atoms with van der Waals surface area (Å²) in [6.45, 7) is 4.17. The highest BCUT2D eigenvalue weighted by Gasteiger charge is 2.32. The number of carbonyl (C=O) groups is 1. The summed E-state index contributed by atoms with van der Waals surface area (Å²) in [5, 5.41) is 3.39. The number of hydrogen-bond acceptors (Lipinski definition) is 2. The molecule has 0 aromatic carbocycles. The number of hydrogen-bond donors (Lipinski definition) is 1. The highest BCUT2D eigenvalue weighted by molar-refractivity contribution is 5.79. The minimum Gasteiger partial charge on any atom is -0.345 e. The Labute approximate surface area is 92.2 Å². The maximum Gasteiger partial charge on any atom is 0.226 e. The summed E-state index contributed by atoms with van der Waals surface area (Å²) in [5.41, 5.74) is 0. The molecule has 0 spiro atoms. The lowest BCUT2D eigenvalue weighted by Crippen LogP contribution is -2.47. The topological polar surface area (TPSA) is 32.3 Å². The molecule has 0 bridgehead atoms. The fourth-order valence-electron chi connectivity index (χ4n) is 2.44. The van der Waals surface area contributed by atoms with Crippen LogP contribution in [-0.2, 0) is 4.79 Å². The van der Waals surface area contributed by atoms with E-state index >= 15 is 0 Å². The van der Waals surface area contributed by atoms with E-state index in [1.54, 1.807) is 0 Å². The van der Waals surface area contributed by atoms with Crippen LogP contribution < -0.4 is 5.32 Å². The maximum atomic E-state index is 12.2. The normalized spacial score (nSPS) is 31.3. The van der Waals surface area contributed by atoms with Gasteiger partial charge in [0, 0.05) is 19.6 Å². The van der Waals surface area contributed by atoms with Gasteiger partial charge in [0.1, 0.15) is 0 Å². The molecule has 0 radical (unpaired) electrons. The van der Waals surface area contributed by atoms with E-state index in [1.807, 2.05) is 11.9 Å². The number of nitrogens with one attached hydrogen (secondary N) is 1. The molecule has 1 amide bonds. The zero-order chi connectivity index (χ0) is 10.8. The van der Waals surface area contributed by atoms with Crippen LogP contribution in [0.1, 0.15) is 32.6 Å². The lowest BCUT2D eigenvalue weighted by Gasteiger charge is -2.32. The first-order valence-corrected chi connectivity index (χ1v) is 6.17. The van der Waals surface area contributed by atoms with E-state index in [9.17, 15) is 4.79 Å². The summed E-state index contributed by atoms with van der Waals surface area (Å²) in [6, 6.07) is 0.355. The lowest BCUT2D eigenvalue weighted by molar-refractivity contribution is -0.136. The summed E-state index contributed by atoms with van der Waals surface area (Å²) in [5.74, 6) is 1.36. The minimum absolute atomic E-state index is 0.211. The molecular weight excluding hydrogens is 188 g/mol. The van der Waals surface area contributed by atoms with E-state index < -0.39 is 0 Å². The summed E-state index contributed by atoms with van der Waals surface area (Å²) in [6.07, 6.45) is 4.83. The average molecular weight is 210 g/mol. The van der Waals surface area contributed by atoms with Crippen LogP contribution in [0.4, 0.5) is 0 Å². The molecule has 2 fully saturated rings. The number of rotatable bonds is 3. The molecular formula is C12H22N2O. The summed E-state index contributed by atoms with van der Waals surface area (Å²) in [4.78, 5) is 14.1. The first-order valence-electron chi connectivity index (χ1n) is 6.17. The van der Waals surface area contributed by atoms with Crippen LogP contribution in [0.25, 0.3) is 0 Å². The Morgan fingerprint density at radius 1 is 1.40 bits per heavy atom. The fourth-order valence-corrected chi connectivity index (χ4v) is 2.44. The second-order valence-electron chi connectivity index (χ2n) is 5.15. The van der Waals surface area contributed by atoms with Crippen molar-refractivity contribution in [1.29, 1.82) is 0 Å². The first-order chi connectivity index (χ1) is 7.18. The molecule has 1 heterocycles. The van der Waals surface area contributed by atoms with Crippen molar-refractivity contribution in [3.05, 3.63) is 0 Å². The zero-order valence-corrected chi connectivity index (χ0v) is 9.83. The third-order valence-electron chi connectivity index (χ3n) is 3.68. The van der Waals surface area contributed by atoms with E-state index in [-0.39, 0.29) is 5.92 Å². The Balaban J connectivity index is 1.86. The van der Waals surface area contributed by atoms with Crippen LogP contribution in [0, 0.1) is 11.8 Å². The van der Waals surface area contributed by atoms with Crippen molar-refractivity contribution < 1.29 is 4.79 Å². The minimum atomic E-state index is 0.211. The van der Waals surface area contributed by atoms with E-state index in [0.717, 1.165) is 31.8 Å². The molecule has 2 rings (SSSR count). The van der Waals surface area contributed by atoms with Gasteiger partial charge in [0.2, 0.25) is 5.91 Å². The smallest absolute Gasteiger partial charge is 0.226 e. The molecule has 0 aromatic heterocycles. The van der Waals surface area contributed by atoms with Crippen molar-refractivity contribution >= 4 is 5.91 Å². The van der Waals surface area contributed by atoms with Crippen molar-refractivity contribution in [2.45, 2.75) is 38.6 Å². The molecule has 3 nitrogen and oxygen atoms in total. The summed E-state index contributed by atoms with van der Waals surface area (Å²) in [7, 11) is 1.96. The Morgan fingerprint density at radius 3 is 2.73 bits per heavy atom. The fraction of sp³-hybridized carbons (Fsp3) is 0.917. The van der Waals surface area contributed by atoms with Crippen LogP contribution in [0.2, 0.25) is 0 Å². The second-order valence-corrected chi connectivity index (χ2v) is 5.15. The van der Waals surface area contributed by atoms with Crippen molar-refractivity contribution in [1.82, 2.24) is 10.2 Å². The SMILES string of the molecule is C[C@H]1NCCC[C@H]1C(=O)N(C)CC1CC1. The lowest BCUT2D eigenvalue weighted by atomic mass is 9.91. The van der Waals surface area contributed by atoms with Crippen LogP contribution in [0.3, 0.4) is 0 Å². The summed E-state index contributed by atoms with van der Waals surface area (Å²) < 4.78 is 0. The molecule has 15 heavy (non-hydrogen) atoms. The molecule has 2 atom stereocenters. The molecule has 0 aromatic rings. The average Bonchev–Trinajstić information content (AvgIpc) is 3.01. The first kappa shape index (κ1) is 10.9. The summed E-state index contributed by atoms with van der Waals surface area (Å²) >= 11 is 0. The zero-order valence-electron chi connectivity index (χ0n) is 9.83. The van der Waals surface area contributed by atoms with E-state index in [2.05, 4.69) is 12.2 Å². The van der Waals surface area contributed by atoms with Gasteiger partial charge >= 0.3 is 0 Å². The Kier molecular flexibility index (Phi) is 3.29. The van der Waals surface area contributed by atoms with E-state index in [4.69, 9.17) is 0 Å².